The van der Waals surface area contributed by atoms with Crippen LogP contribution in [0.3, 0.4) is 0 Å². The molecule has 1 heterocycles. The molecule has 0 amide bonds. The minimum absolute atomic E-state index is 0.290. The van der Waals surface area contributed by atoms with Gasteiger partial charge in [-0.25, -0.2) is 4.68 Å². The van der Waals surface area contributed by atoms with E-state index < -0.39 is 5.97 Å². The minimum Gasteiger partial charge on any atom is -0.481 e. The molecule has 1 atom stereocenters. The lowest BCUT2D eigenvalue weighted by atomic mass is 10.0. The van der Waals surface area contributed by atoms with E-state index in [2.05, 4.69) is 17.2 Å². The van der Waals surface area contributed by atoms with E-state index in [-0.39, 0.29) is 5.92 Å². The molecule has 1 rings (SSSR count). The molecular formula is C15H27N3O4. The normalized spacial score (nSPS) is 12.5. The molecule has 1 aromatic heterocycles. The second-order valence-corrected chi connectivity index (χ2v) is 5.35. The van der Waals surface area contributed by atoms with E-state index in [1.807, 2.05) is 4.68 Å². The maximum absolute atomic E-state index is 10.7. The predicted molar refractivity (Wildman–Crippen MR) is 81.4 cm³/mol. The van der Waals surface area contributed by atoms with E-state index in [0.29, 0.717) is 26.2 Å². The smallest absolute Gasteiger partial charge is 0.306 e. The van der Waals surface area contributed by atoms with Crippen LogP contribution in [0.15, 0.2) is 6.20 Å². The Bertz CT molecular complexity index is 423. The van der Waals surface area contributed by atoms with E-state index in [0.717, 1.165) is 38.1 Å². The van der Waals surface area contributed by atoms with E-state index in [9.17, 15) is 4.79 Å². The summed E-state index contributed by atoms with van der Waals surface area (Å²) >= 11 is 0. The summed E-state index contributed by atoms with van der Waals surface area (Å²) in [6, 6.07) is 0. The van der Waals surface area contributed by atoms with Crippen LogP contribution in [0, 0.1) is 5.92 Å². The fraction of sp³-hybridized carbons (Fsp3) is 0.800. The van der Waals surface area contributed by atoms with E-state index in [1.165, 1.54) is 0 Å². The van der Waals surface area contributed by atoms with Crippen molar-refractivity contribution >= 4 is 5.97 Å². The quantitative estimate of drug-likeness (QED) is 0.561. The third kappa shape index (κ3) is 7.51. The predicted octanol–water partition coefficient (Wildman–Crippen LogP) is 2.11. The Morgan fingerprint density at radius 1 is 1.32 bits per heavy atom. The van der Waals surface area contributed by atoms with Crippen LogP contribution in [0.5, 0.6) is 0 Å². The van der Waals surface area contributed by atoms with Crippen molar-refractivity contribution in [3.8, 4) is 0 Å². The molecular weight excluding hydrogens is 286 g/mol. The molecule has 7 nitrogen and oxygen atoms in total. The van der Waals surface area contributed by atoms with E-state index in [1.54, 1.807) is 13.1 Å². The lowest BCUT2D eigenvalue weighted by Crippen LogP contribution is -2.11. The van der Waals surface area contributed by atoms with Crippen molar-refractivity contribution < 1.29 is 19.4 Å². The van der Waals surface area contributed by atoms with Gasteiger partial charge in [0.05, 0.1) is 37.6 Å². The molecule has 0 aromatic carbocycles. The van der Waals surface area contributed by atoms with Crippen molar-refractivity contribution in [3.63, 3.8) is 0 Å². The lowest BCUT2D eigenvalue weighted by molar-refractivity contribution is -0.141. The zero-order valence-corrected chi connectivity index (χ0v) is 13.5. The molecule has 0 aliphatic carbocycles. The Labute approximate surface area is 131 Å². The van der Waals surface area contributed by atoms with Gasteiger partial charge in [0.1, 0.15) is 0 Å². The molecule has 0 unspecified atom stereocenters. The molecule has 1 aromatic rings. The number of aryl methyl sites for hydroxylation is 1. The molecule has 0 fully saturated rings. The first-order valence-corrected chi connectivity index (χ1v) is 7.90. The fourth-order valence-corrected chi connectivity index (χ4v) is 1.96. The number of carboxylic acids is 1. The molecule has 126 valence electrons. The second kappa shape index (κ2) is 11.1. The topological polar surface area (TPSA) is 86.5 Å². The fourth-order valence-electron chi connectivity index (χ4n) is 1.96. The zero-order chi connectivity index (χ0) is 16.2. The molecule has 22 heavy (non-hydrogen) atoms. The summed E-state index contributed by atoms with van der Waals surface area (Å²) in [5, 5.41) is 16.8. The summed E-state index contributed by atoms with van der Waals surface area (Å²) in [5.41, 5.74) is 0.932. The number of carbonyl (C=O) groups is 1. The summed E-state index contributed by atoms with van der Waals surface area (Å²) in [6.07, 6.45) is 5.14. The van der Waals surface area contributed by atoms with Crippen LogP contribution < -0.4 is 0 Å². The third-order valence-corrected chi connectivity index (χ3v) is 3.35. The summed E-state index contributed by atoms with van der Waals surface area (Å²) in [4.78, 5) is 10.7. The largest absolute Gasteiger partial charge is 0.481 e. The summed E-state index contributed by atoms with van der Waals surface area (Å²) in [5.74, 6) is -1.03. The SMILES string of the molecule is CCCOCCOCc1cnnn1CCCC[C@H](C)C(=O)O. The zero-order valence-electron chi connectivity index (χ0n) is 13.5. The first-order valence-electron chi connectivity index (χ1n) is 7.90. The van der Waals surface area contributed by atoms with Crippen molar-refractivity contribution in [3.05, 3.63) is 11.9 Å². The Kier molecular flexibility index (Phi) is 9.41. The number of hydrogen-bond acceptors (Lipinski definition) is 5. The monoisotopic (exact) mass is 313 g/mol. The van der Waals surface area contributed by atoms with Gasteiger partial charge in [0, 0.05) is 13.2 Å². The Morgan fingerprint density at radius 3 is 2.82 bits per heavy atom. The first kappa shape index (κ1) is 18.6. The van der Waals surface area contributed by atoms with Crippen LogP contribution in [-0.2, 0) is 27.4 Å². The Balaban J connectivity index is 2.17. The van der Waals surface area contributed by atoms with Gasteiger partial charge in [0.25, 0.3) is 0 Å². The van der Waals surface area contributed by atoms with Gasteiger partial charge in [-0.15, -0.1) is 5.10 Å². The standard InChI is InChI=1S/C15H27N3O4/c1-3-8-21-9-10-22-12-14-11-16-17-18(14)7-5-4-6-13(2)15(19)20/h11,13H,3-10,12H2,1-2H3,(H,19,20)/t13-/m0/s1. The number of rotatable bonds is 13. The molecule has 0 radical (unpaired) electrons. The lowest BCUT2D eigenvalue weighted by Gasteiger charge is -2.08. The Hall–Kier alpha value is -1.47. The summed E-state index contributed by atoms with van der Waals surface area (Å²) in [7, 11) is 0. The minimum atomic E-state index is -0.736. The number of carboxylic acid groups (broad SMARTS) is 1. The molecule has 1 N–H and O–H groups in total. The van der Waals surface area contributed by atoms with Crippen LogP contribution in [0.4, 0.5) is 0 Å². The third-order valence-electron chi connectivity index (χ3n) is 3.35. The molecule has 0 spiro atoms. The van der Waals surface area contributed by atoms with Gasteiger partial charge in [0.15, 0.2) is 0 Å². The average molecular weight is 313 g/mol. The molecule has 0 bridgehead atoms. The number of unbranched alkanes of at least 4 members (excludes halogenated alkanes) is 1. The number of nitrogens with zero attached hydrogens (tertiary/aromatic N) is 3. The second-order valence-electron chi connectivity index (χ2n) is 5.35. The van der Waals surface area contributed by atoms with Crippen LogP contribution in [-0.4, -0.2) is 45.9 Å². The number of aliphatic carboxylic acids is 1. The number of hydrogen-bond donors (Lipinski definition) is 1. The van der Waals surface area contributed by atoms with Gasteiger partial charge in [-0.05, 0) is 19.3 Å². The first-order chi connectivity index (χ1) is 10.6. The molecule has 7 heteroatoms. The van der Waals surface area contributed by atoms with Crippen molar-refractivity contribution in [2.45, 2.75) is 52.7 Å². The highest BCUT2D eigenvalue weighted by Gasteiger charge is 2.10. The van der Waals surface area contributed by atoms with Crippen LogP contribution >= 0.6 is 0 Å². The summed E-state index contributed by atoms with van der Waals surface area (Å²) in [6.45, 7) is 6.92. The average Bonchev–Trinajstić information content (AvgIpc) is 2.94. The van der Waals surface area contributed by atoms with Gasteiger partial charge >= 0.3 is 5.97 Å². The number of aromatic nitrogens is 3. The van der Waals surface area contributed by atoms with Crippen LogP contribution in [0.25, 0.3) is 0 Å². The van der Waals surface area contributed by atoms with Gasteiger partial charge in [-0.1, -0.05) is 25.5 Å². The van der Waals surface area contributed by atoms with Crippen molar-refractivity contribution in [1.29, 1.82) is 0 Å². The van der Waals surface area contributed by atoms with Crippen LogP contribution in [0.1, 0.15) is 45.2 Å². The van der Waals surface area contributed by atoms with Gasteiger partial charge in [-0.2, -0.15) is 0 Å². The highest BCUT2D eigenvalue weighted by molar-refractivity contribution is 5.69. The van der Waals surface area contributed by atoms with E-state index >= 15 is 0 Å². The molecule has 0 aliphatic heterocycles. The van der Waals surface area contributed by atoms with Crippen molar-refractivity contribution in [2.24, 2.45) is 5.92 Å². The van der Waals surface area contributed by atoms with Gasteiger partial charge < -0.3 is 14.6 Å². The Morgan fingerprint density at radius 2 is 2.09 bits per heavy atom. The van der Waals surface area contributed by atoms with Crippen LogP contribution in [0.2, 0.25) is 0 Å². The number of ether oxygens (including phenoxy) is 2. The van der Waals surface area contributed by atoms with Gasteiger partial charge in [-0.3, -0.25) is 4.79 Å². The molecule has 0 saturated heterocycles. The molecule has 0 aliphatic rings. The maximum atomic E-state index is 10.7. The highest BCUT2D eigenvalue weighted by Crippen LogP contribution is 2.09. The maximum Gasteiger partial charge on any atom is 0.306 e. The van der Waals surface area contributed by atoms with Crippen molar-refractivity contribution in [1.82, 2.24) is 15.0 Å². The molecule has 0 saturated carbocycles. The summed E-state index contributed by atoms with van der Waals surface area (Å²) < 4.78 is 12.7. The van der Waals surface area contributed by atoms with Gasteiger partial charge in [0.2, 0.25) is 0 Å². The van der Waals surface area contributed by atoms with Crippen molar-refractivity contribution in [2.75, 3.05) is 19.8 Å². The highest BCUT2D eigenvalue weighted by atomic mass is 16.5. The van der Waals surface area contributed by atoms with E-state index in [4.69, 9.17) is 14.6 Å².